The third-order valence-electron chi connectivity index (χ3n) is 3.64. The lowest BCUT2D eigenvalue weighted by molar-refractivity contribution is -0.922. The Balaban J connectivity index is 4.01. The summed E-state index contributed by atoms with van der Waals surface area (Å²) in [7, 11) is 0. The van der Waals surface area contributed by atoms with Gasteiger partial charge in [-0.1, -0.05) is 19.1 Å². The van der Waals surface area contributed by atoms with Crippen molar-refractivity contribution in [1.82, 2.24) is 0 Å². The van der Waals surface area contributed by atoms with Crippen LogP contribution in [0.5, 0.6) is 0 Å². The molecule has 0 rings (SSSR count). The molecule has 22 heavy (non-hydrogen) atoms. The zero-order valence-corrected chi connectivity index (χ0v) is 13.7. The fraction of sp³-hybridized carbons (Fsp3) is 0.812. The molecular weight excluding hydrogens is 286 g/mol. The van der Waals surface area contributed by atoms with Crippen LogP contribution in [0.25, 0.3) is 0 Å². The predicted molar refractivity (Wildman–Crippen MR) is 85.6 cm³/mol. The lowest BCUT2D eigenvalue weighted by Gasteiger charge is -2.36. The SMILES string of the molecule is CC/C=C/CCCCOCC[N+](CCO)(CCO)CC(=O)O. The Labute approximate surface area is 133 Å². The molecule has 0 aliphatic heterocycles. The van der Waals surface area contributed by atoms with E-state index in [4.69, 9.17) is 20.1 Å². The van der Waals surface area contributed by atoms with Gasteiger partial charge in [0, 0.05) is 6.61 Å². The highest BCUT2D eigenvalue weighted by Gasteiger charge is 2.29. The number of carbonyl (C=O) groups is 1. The van der Waals surface area contributed by atoms with E-state index in [1.165, 1.54) is 0 Å². The first kappa shape index (κ1) is 21.0. The zero-order valence-electron chi connectivity index (χ0n) is 13.7. The molecule has 0 saturated heterocycles. The third kappa shape index (κ3) is 10.7. The number of hydrogen-bond donors (Lipinski definition) is 3. The number of unbranched alkanes of at least 4 members (excludes halogenated alkanes) is 2. The van der Waals surface area contributed by atoms with Crippen LogP contribution < -0.4 is 0 Å². The van der Waals surface area contributed by atoms with Crippen molar-refractivity contribution >= 4 is 5.97 Å². The Morgan fingerprint density at radius 3 is 2.27 bits per heavy atom. The number of nitrogens with zero attached hydrogens (tertiary/aromatic N) is 1. The highest BCUT2D eigenvalue weighted by molar-refractivity contribution is 5.67. The van der Waals surface area contributed by atoms with Crippen molar-refractivity contribution in [3.63, 3.8) is 0 Å². The molecule has 0 aliphatic rings. The van der Waals surface area contributed by atoms with Gasteiger partial charge in [-0.2, -0.15) is 0 Å². The van der Waals surface area contributed by atoms with Crippen LogP contribution >= 0.6 is 0 Å². The van der Waals surface area contributed by atoms with Gasteiger partial charge in [-0.3, -0.25) is 0 Å². The Kier molecular flexibility index (Phi) is 13.1. The maximum atomic E-state index is 11.0. The number of aliphatic carboxylic acids is 1. The second kappa shape index (κ2) is 13.7. The van der Waals surface area contributed by atoms with Crippen LogP contribution in [0, 0.1) is 0 Å². The van der Waals surface area contributed by atoms with Crippen LogP contribution in [0.4, 0.5) is 0 Å². The molecule has 6 heteroatoms. The molecule has 0 bridgehead atoms. The molecule has 130 valence electrons. The van der Waals surface area contributed by atoms with Crippen LogP contribution in [0.2, 0.25) is 0 Å². The van der Waals surface area contributed by atoms with Crippen molar-refractivity contribution in [3.05, 3.63) is 12.2 Å². The van der Waals surface area contributed by atoms with E-state index in [1.54, 1.807) is 0 Å². The topological polar surface area (TPSA) is 87.0 Å². The van der Waals surface area contributed by atoms with Crippen molar-refractivity contribution in [1.29, 1.82) is 0 Å². The summed E-state index contributed by atoms with van der Waals surface area (Å²) in [6.07, 6.45) is 8.52. The van der Waals surface area contributed by atoms with Crippen molar-refractivity contribution in [2.24, 2.45) is 0 Å². The lowest BCUT2D eigenvalue weighted by Crippen LogP contribution is -2.56. The number of hydrogen-bond acceptors (Lipinski definition) is 4. The van der Waals surface area contributed by atoms with E-state index in [2.05, 4.69) is 19.1 Å². The van der Waals surface area contributed by atoms with Crippen LogP contribution in [0.15, 0.2) is 12.2 Å². The van der Waals surface area contributed by atoms with Gasteiger partial charge in [-0.15, -0.1) is 0 Å². The molecular formula is C16H32NO5+. The number of ether oxygens (including phenoxy) is 1. The molecule has 0 fully saturated rings. The Morgan fingerprint density at radius 1 is 1.05 bits per heavy atom. The van der Waals surface area contributed by atoms with Crippen molar-refractivity contribution < 1.29 is 29.3 Å². The molecule has 0 unspecified atom stereocenters. The number of aliphatic hydroxyl groups is 2. The molecule has 0 saturated carbocycles. The number of carboxylic acids is 1. The summed E-state index contributed by atoms with van der Waals surface area (Å²) in [5.41, 5.74) is 0. The number of carboxylic acid groups (broad SMARTS) is 1. The normalized spacial score (nSPS) is 12.1. The molecule has 0 aromatic rings. The molecule has 0 atom stereocenters. The average Bonchev–Trinajstić information content (AvgIpc) is 2.45. The number of quaternary nitrogens is 1. The van der Waals surface area contributed by atoms with Gasteiger partial charge in [-0.05, 0) is 25.7 Å². The van der Waals surface area contributed by atoms with Crippen LogP contribution in [0.1, 0.15) is 32.6 Å². The molecule has 0 amide bonds. The minimum Gasteiger partial charge on any atom is -0.477 e. The summed E-state index contributed by atoms with van der Waals surface area (Å²) in [5, 5.41) is 27.3. The fourth-order valence-electron chi connectivity index (χ4n) is 2.39. The van der Waals surface area contributed by atoms with E-state index in [0.29, 0.717) is 32.8 Å². The zero-order chi connectivity index (χ0) is 16.7. The molecule has 0 aliphatic carbocycles. The van der Waals surface area contributed by atoms with Crippen molar-refractivity contribution in [3.8, 4) is 0 Å². The highest BCUT2D eigenvalue weighted by atomic mass is 16.5. The fourth-order valence-corrected chi connectivity index (χ4v) is 2.39. The van der Waals surface area contributed by atoms with Gasteiger partial charge < -0.3 is 24.5 Å². The van der Waals surface area contributed by atoms with Crippen LogP contribution in [-0.4, -0.2) is 78.4 Å². The summed E-state index contributed by atoms with van der Waals surface area (Å²) in [5.74, 6) is -0.926. The summed E-state index contributed by atoms with van der Waals surface area (Å²) >= 11 is 0. The van der Waals surface area contributed by atoms with Gasteiger partial charge in [0.05, 0.1) is 19.8 Å². The Hall–Kier alpha value is -0.950. The van der Waals surface area contributed by atoms with Gasteiger partial charge in [0.2, 0.25) is 0 Å². The van der Waals surface area contributed by atoms with E-state index < -0.39 is 5.97 Å². The van der Waals surface area contributed by atoms with Gasteiger partial charge >= 0.3 is 5.97 Å². The van der Waals surface area contributed by atoms with Gasteiger partial charge in [0.15, 0.2) is 6.54 Å². The lowest BCUT2D eigenvalue weighted by atomic mass is 10.2. The van der Waals surface area contributed by atoms with Crippen LogP contribution in [0.3, 0.4) is 0 Å². The first-order valence-electron chi connectivity index (χ1n) is 8.11. The number of rotatable bonds is 15. The maximum absolute atomic E-state index is 11.0. The summed E-state index contributed by atoms with van der Waals surface area (Å²) in [6, 6.07) is 0. The quantitative estimate of drug-likeness (QED) is 0.238. The minimum atomic E-state index is -0.926. The Morgan fingerprint density at radius 2 is 1.73 bits per heavy atom. The number of allylic oxidation sites excluding steroid dienone is 2. The molecule has 0 radical (unpaired) electrons. The Bertz CT molecular complexity index is 301. The molecule has 6 nitrogen and oxygen atoms in total. The largest absolute Gasteiger partial charge is 0.477 e. The van der Waals surface area contributed by atoms with E-state index in [-0.39, 0.29) is 24.2 Å². The van der Waals surface area contributed by atoms with E-state index in [1.807, 2.05) is 0 Å². The molecule has 0 spiro atoms. The van der Waals surface area contributed by atoms with E-state index >= 15 is 0 Å². The average molecular weight is 318 g/mol. The molecule has 0 aromatic heterocycles. The second-order valence-corrected chi connectivity index (χ2v) is 5.50. The molecule has 0 aromatic carbocycles. The second-order valence-electron chi connectivity index (χ2n) is 5.50. The summed E-state index contributed by atoms with van der Waals surface area (Å²) < 4.78 is 5.73. The van der Waals surface area contributed by atoms with E-state index in [9.17, 15) is 4.79 Å². The van der Waals surface area contributed by atoms with Crippen LogP contribution in [-0.2, 0) is 9.53 Å². The highest BCUT2D eigenvalue weighted by Crippen LogP contribution is 2.07. The predicted octanol–water partition coefficient (Wildman–Crippen LogP) is 1.03. The first-order valence-corrected chi connectivity index (χ1v) is 8.11. The third-order valence-corrected chi connectivity index (χ3v) is 3.64. The monoisotopic (exact) mass is 318 g/mol. The van der Waals surface area contributed by atoms with Gasteiger partial charge in [0.1, 0.15) is 19.6 Å². The number of aliphatic hydroxyl groups excluding tert-OH is 2. The standard InChI is InChI=1S/C16H31NO5/c1-2-3-4-5-6-7-13-22-14-10-17(8-11-18,9-12-19)15-16(20)21/h3-4,18-19H,2,5-15H2,1H3/p+1/b4-3+. The molecule has 3 N–H and O–H groups in total. The van der Waals surface area contributed by atoms with E-state index in [0.717, 1.165) is 25.7 Å². The first-order chi connectivity index (χ1) is 10.6. The van der Waals surface area contributed by atoms with Crippen molar-refractivity contribution in [2.45, 2.75) is 32.6 Å². The summed E-state index contributed by atoms with van der Waals surface area (Å²) in [6.45, 7) is 4.03. The maximum Gasteiger partial charge on any atom is 0.359 e. The minimum absolute atomic E-state index is 0.100. The molecule has 0 heterocycles. The van der Waals surface area contributed by atoms with Crippen molar-refractivity contribution in [2.75, 3.05) is 52.6 Å². The summed E-state index contributed by atoms with van der Waals surface area (Å²) in [4.78, 5) is 11.0. The van der Waals surface area contributed by atoms with Gasteiger partial charge in [0.25, 0.3) is 0 Å². The van der Waals surface area contributed by atoms with Gasteiger partial charge in [-0.25, -0.2) is 4.79 Å². The smallest absolute Gasteiger partial charge is 0.359 e.